The smallest absolute Gasteiger partial charge is 0.255 e. The summed E-state index contributed by atoms with van der Waals surface area (Å²) < 4.78 is 1.93. The van der Waals surface area contributed by atoms with E-state index in [1.165, 1.54) is 11.3 Å². The van der Waals surface area contributed by atoms with Gasteiger partial charge in [0.15, 0.2) is 10.8 Å². The van der Waals surface area contributed by atoms with Gasteiger partial charge in [0.2, 0.25) is 5.91 Å². The third-order valence-electron chi connectivity index (χ3n) is 6.17. The van der Waals surface area contributed by atoms with Crippen molar-refractivity contribution in [3.8, 4) is 0 Å². The zero-order valence-corrected chi connectivity index (χ0v) is 19.7. The SMILES string of the molecule is Cc1nn(C(C)(C)C)c2nc(C3CC3)cc(C(=O)N3CCCC3C(=O)Nc3nccs3)c12. The van der Waals surface area contributed by atoms with Crippen molar-refractivity contribution < 1.29 is 9.59 Å². The molecule has 2 amide bonds. The molecule has 5 rings (SSSR count). The maximum absolute atomic E-state index is 13.9. The number of aromatic nitrogens is 4. The van der Waals surface area contributed by atoms with E-state index in [9.17, 15) is 9.59 Å². The van der Waals surface area contributed by atoms with Crippen molar-refractivity contribution >= 4 is 39.3 Å². The van der Waals surface area contributed by atoms with Gasteiger partial charge in [-0.3, -0.25) is 9.59 Å². The molecule has 1 aliphatic heterocycles. The van der Waals surface area contributed by atoms with Gasteiger partial charge in [0.05, 0.1) is 22.2 Å². The predicted molar refractivity (Wildman–Crippen MR) is 124 cm³/mol. The Bertz CT molecular complexity index is 1190. The summed E-state index contributed by atoms with van der Waals surface area (Å²) in [5, 5.41) is 10.8. The van der Waals surface area contributed by atoms with Crippen LogP contribution in [-0.2, 0) is 10.3 Å². The number of anilines is 1. The Hall–Kier alpha value is -2.81. The van der Waals surface area contributed by atoms with Gasteiger partial charge in [-0.05, 0) is 59.4 Å². The van der Waals surface area contributed by atoms with E-state index < -0.39 is 6.04 Å². The van der Waals surface area contributed by atoms with Crippen LogP contribution in [-0.4, -0.2) is 49.0 Å². The van der Waals surface area contributed by atoms with Gasteiger partial charge in [0.25, 0.3) is 5.91 Å². The van der Waals surface area contributed by atoms with Crippen molar-refractivity contribution in [2.45, 2.75) is 70.9 Å². The first-order valence-electron chi connectivity index (χ1n) is 11.2. The van der Waals surface area contributed by atoms with Crippen LogP contribution in [0.3, 0.4) is 0 Å². The van der Waals surface area contributed by atoms with Gasteiger partial charge in [-0.25, -0.2) is 14.6 Å². The number of carbonyl (C=O) groups is 2. The van der Waals surface area contributed by atoms with Crippen molar-refractivity contribution in [2.75, 3.05) is 11.9 Å². The Morgan fingerprint density at radius 1 is 1.22 bits per heavy atom. The van der Waals surface area contributed by atoms with Crippen LogP contribution in [0, 0.1) is 6.92 Å². The molecule has 8 nitrogen and oxygen atoms in total. The fourth-order valence-electron chi connectivity index (χ4n) is 4.44. The highest BCUT2D eigenvalue weighted by molar-refractivity contribution is 7.13. The Balaban J connectivity index is 1.55. The van der Waals surface area contributed by atoms with Crippen LogP contribution >= 0.6 is 11.3 Å². The maximum Gasteiger partial charge on any atom is 0.255 e. The lowest BCUT2D eigenvalue weighted by Gasteiger charge is -2.24. The van der Waals surface area contributed by atoms with Crippen molar-refractivity contribution in [1.82, 2.24) is 24.6 Å². The molecule has 168 valence electrons. The van der Waals surface area contributed by atoms with E-state index in [2.05, 4.69) is 31.1 Å². The van der Waals surface area contributed by atoms with E-state index in [1.807, 2.05) is 23.1 Å². The topological polar surface area (TPSA) is 93.0 Å². The summed E-state index contributed by atoms with van der Waals surface area (Å²) in [5.41, 5.74) is 2.85. The molecule has 1 N–H and O–H groups in total. The maximum atomic E-state index is 13.9. The lowest BCUT2D eigenvalue weighted by molar-refractivity contribution is -0.119. The number of aryl methyl sites for hydroxylation is 1. The zero-order chi connectivity index (χ0) is 22.6. The van der Waals surface area contributed by atoms with E-state index >= 15 is 0 Å². The van der Waals surface area contributed by atoms with Crippen LogP contribution in [0.1, 0.15) is 74.1 Å². The molecule has 3 aromatic rings. The van der Waals surface area contributed by atoms with Crippen LogP contribution in [0.5, 0.6) is 0 Å². The first kappa shape index (κ1) is 21.1. The number of thiazole rings is 1. The summed E-state index contributed by atoms with van der Waals surface area (Å²) in [6, 6.07) is 1.44. The summed E-state index contributed by atoms with van der Waals surface area (Å²) >= 11 is 1.37. The third kappa shape index (κ3) is 3.68. The first-order valence-corrected chi connectivity index (χ1v) is 12.0. The van der Waals surface area contributed by atoms with Crippen molar-refractivity contribution in [3.05, 3.63) is 34.6 Å². The molecule has 1 saturated heterocycles. The molecule has 32 heavy (non-hydrogen) atoms. The first-order chi connectivity index (χ1) is 15.2. The lowest BCUT2D eigenvalue weighted by Crippen LogP contribution is -2.43. The third-order valence-corrected chi connectivity index (χ3v) is 6.86. The minimum Gasteiger partial charge on any atom is -0.327 e. The number of likely N-dealkylation sites (tertiary alicyclic amines) is 1. The molecule has 4 heterocycles. The molecular weight excluding hydrogens is 424 g/mol. The molecule has 2 fully saturated rings. The van der Waals surface area contributed by atoms with Gasteiger partial charge in [-0.15, -0.1) is 11.3 Å². The van der Waals surface area contributed by atoms with E-state index in [0.29, 0.717) is 29.6 Å². The molecule has 0 radical (unpaired) electrons. The second kappa shape index (κ2) is 7.65. The van der Waals surface area contributed by atoms with E-state index in [-0.39, 0.29) is 17.4 Å². The van der Waals surface area contributed by atoms with Gasteiger partial charge in [0, 0.05) is 29.7 Å². The summed E-state index contributed by atoms with van der Waals surface area (Å²) in [4.78, 5) is 37.6. The predicted octanol–water partition coefficient (Wildman–Crippen LogP) is 4.07. The normalized spacial score (nSPS) is 19.0. The minimum atomic E-state index is -0.503. The molecule has 3 aromatic heterocycles. The van der Waals surface area contributed by atoms with Crippen LogP contribution in [0.4, 0.5) is 5.13 Å². The lowest BCUT2D eigenvalue weighted by atomic mass is 10.0. The van der Waals surface area contributed by atoms with Crippen LogP contribution in [0.2, 0.25) is 0 Å². The number of rotatable bonds is 4. The van der Waals surface area contributed by atoms with Gasteiger partial charge >= 0.3 is 0 Å². The number of pyridine rings is 1. The largest absolute Gasteiger partial charge is 0.327 e. The monoisotopic (exact) mass is 452 g/mol. The van der Waals surface area contributed by atoms with Crippen LogP contribution < -0.4 is 5.32 Å². The highest BCUT2D eigenvalue weighted by Gasteiger charge is 2.37. The molecule has 1 saturated carbocycles. The Kier molecular flexibility index (Phi) is 5.03. The van der Waals surface area contributed by atoms with Crippen molar-refractivity contribution in [2.24, 2.45) is 0 Å². The van der Waals surface area contributed by atoms with Crippen LogP contribution in [0.25, 0.3) is 11.0 Å². The molecule has 0 spiro atoms. The van der Waals surface area contributed by atoms with Crippen molar-refractivity contribution in [1.29, 1.82) is 0 Å². The average Bonchev–Trinajstić information content (AvgIpc) is 3.12. The fraction of sp³-hybridized carbons (Fsp3) is 0.522. The van der Waals surface area contributed by atoms with E-state index in [0.717, 1.165) is 41.7 Å². The van der Waals surface area contributed by atoms with E-state index in [4.69, 9.17) is 10.1 Å². The highest BCUT2D eigenvalue weighted by Crippen LogP contribution is 2.41. The molecular formula is C23H28N6O2S. The number of nitrogens with zero attached hydrogens (tertiary/aromatic N) is 5. The summed E-state index contributed by atoms with van der Waals surface area (Å²) in [6.45, 7) is 8.75. The van der Waals surface area contributed by atoms with Gasteiger partial charge in [-0.1, -0.05) is 0 Å². The Morgan fingerprint density at radius 3 is 2.66 bits per heavy atom. The zero-order valence-electron chi connectivity index (χ0n) is 18.9. The molecule has 2 aliphatic rings. The molecule has 9 heteroatoms. The second-order valence-electron chi connectivity index (χ2n) is 9.72. The van der Waals surface area contributed by atoms with Crippen LogP contribution in [0.15, 0.2) is 17.6 Å². The summed E-state index contributed by atoms with van der Waals surface area (Å²) in [5.74, 6) is 0.102. The van der Waals surface area contributed by atoms with Crippen molar-refractivity contribution in [3.63, 3.8) is 0 Å². The quantitative estimate of drug-likeness (QED) is 0.644. The van der Waals surface area contributed by atoms with E-state index in [1.54, 1.807) is 11.1 Å². The fourth-order valence-corrected chi connectivity index (χ4v) is 4.98. The highest BCUT2D eigenvalue weighted by atomic mass is 32.1. The standard InChI is InChI=1S/C23H28N6O2S/c1-13-18-15(12-16(14-7-8-14)25-19(18)29(27-13)23(2,3)4)21(31)28-10-5-6-17(28)20(30)26-22-24-9-11-32-22/h9,11-12,14,17H,5-8,10H2,1-4H3,(H,24,26,30). The molecule has 0 aromatic carbocycles. The number of hydrogen-bond acceptors (Lipinski definition) is 6. The average molecular weight is 453 g/mol. The van der Waals surface area contributed by atoms with Gasteiger partial charge < -0.3 is 10.2 Å². The summed E-state index contributed by atoms with van der Waals surface area (Å²) in [6.07, 6.45) is 5.29. The number of hydrogen-bond donors (Lipinski definition) is 1. The molecule has 1 unspecified atom stereocenters. The molecule has 1 atom stereocenters. The molecule has 1 aliphatic carbocycles. The summed E-state index contributed by atoms with van der Waals surface area (Å²) in [7, 11) is 0. The number of fused-ring (bicyclic) bond motifs is 1. The number of carbonyl (C=O) groups excluding carboxylic acids is 2. The number of amides is 2. The molecule has 0 bridgehead atoms. The van der Waals surface area contributed by atoms with Gasteiger partial charge in [-0.2, -0.15) is 5.10 Å². The minimum absolute atomic E-state index is 0.118. The second-order valence-corrected chi connectivity index (χ2v) is 10.6. The number of nitrogens with one attached hydrogen (secondary N) is 1. The Morgan fingerprint density at radius 2 is 2.00 bits per heavy atom. The Labute approximate surface area is 191 Å². The van der Waals surface area contributed by atoms with Gasteiger partial charge in [0.1, 0.15) is 6.04 Å².